The molecule has 0 fully saturated rings. The zero-order valence-corrected chi connectivity index (χ0v) is 26.8. The van der Waals surface area contributed by atoms with Crippen molar-refractivity contribution in [3.05, 3.63) is 182 Å². The van der Waals surface area contributed by atoms with Crippen LogP contribution >= 0.6 is 0 Å². The fourth-order valence-electron chi connectivity index (χ4n) is 7.77. The molecule has 0 amide bonds. The Labute approximate surface area is 285 Å². The third kappa shape index (κ3) is 4.63. The molecule has 9 aromatic rings. The van der Waals surface area contributed by atoms with Crippen molar-refractivity contribution in [1.82, 2.24) is 0 Å². The molecule has 228 valence electrons. The van der Waals surface area contributed by atoms with E-state index in [1.807, 2.05) is 0 Å². The van der Waals surface area contributed by atoms with Gasteiger partial charge in [0.15, 0.2) is 0 Å². The Kier molecular flexibility index (Phi) is 6.25. The summed E-state index contributed by atoms with van der Waals surface area (Å²) >= 11 is 0. The SMILES string of the molecule is c1ccc(-c2ccc3c(ccc4cc(-c5ccc(Nc6ccc(-c7ccc8c9c(cccc79)-c7ccccc7-8)cc6)cc5)ccc43)c2)cc1. The monoisotopic (exact) mass is 621 g/mol. The van der Waals surface area contributed by atoms with Crippen LogP contribution in [0.1, 0.15) is 0 Å². The number of hydrogen-bond donors (Lipinski definition) is 1. The van der Waals surface area contributed by atoms with Crippen LogP contribution in [0.15, 0.2) is 182 Å². The molecule has 0 aliphatic heterocycles. The summed E-state index contributed by atoms with van der Waals surface area (Å²) in [5.74, 6) is 0. The highest BCUT2D eigenvalue weighted by Crippen LogP contribution is 2.49. The second-order valence-electron chi connectivity index (χ2n) is 13.0. The lowest BCUT2D eigenvalue weighted by Crippen LogP contribution is -1.91. The van der Waals surface area contributed by atoms with E-state index < -0.39 is 0 Å². The maximum absolute atomic E-state index is 3.60. The van der Waals surface area contributed by atoms with Gasteiger partial charge in [0.05, 0.1) is 0 Å². The smallest absolute Gasteiger partial charge is 0.0384 e. The molecule has 0 bridgehead atoms. The van der Waals surface area contributed by atoms with E-state index in [0.29, 0.717) is 0 Å². The van der Waals surface area contributed by atoms with Gasteiger partial charge in [0.25, 0.3) is 0 Å². The summed E-state index contributed by atoms with van der Waals surface area (Å²) in [5, 5.41) is 11.4. The summed E-state index contributed by atoms with van der Waals surface area (Å²) in [6.45, 7) is 0. The predicted molar refractivity (Wildman–Crippen MR) is 209 cm³/mol. The Morgan fingerprint density at radius 3 is 1.39 bits per heavy atom. The minimum Gasteiger partial charge on any atom is -0.356 e. The lowest BCUT2D eigenvalue weighted by molar-refractivity contribution is 1.54. The number of rotatable bonds is 5. The van der Waals surface area contributed by atoms with E-state index in [0.717, 1.165) is 11.4 Å². The van der Waals surface area contributed by atoms with E-state index in [1.54, 1.807) is 0 Å². The molecule has 1 nitrogen and oxygen atoms in total. The molecule has 1 heteroatoms. The van der Waals surface area contributed by atoms with E-state index in [-0.39, 0.29) is 0 Å². The molecule has 49 heavy (non-hydrogen) atoms. The van der Waals surface area contributed by atoms with Crippen molar-refractivity contribution in [1.29, 1.82) is 0 Å². The third-order valence-electron chi connectivity index (χ3n) is 10.2. The van der Waals surface area contributed by atoms with Gasteiger partial charge < -0.3 is 5.32 Å². The largest absolute Gasteiger partial charge is 0.356 e. The van der Waals surface area contributed by atoms with Gasteiger partial charge in [0.2, 0.25) is 0 Å². The zero-order chi connectivity index (χ0) is 32.3. The Balaban J connectivity index is 0.889. The van der Waals surface area contributed by atoms with Gasteiger partial charge in [-0.1, -0.05) is 146 Å². The molecule has 1 aliphatic rings. The fraction of sp³-hybridized carbons (Fsp3) is 0. The van der Waals surface area contributed by atoms with Gasteiger partial charge in [-0.15, -0.1) is 0 Å². The van der Waals surface area contributed by atoms with Crippen LogP contribution in [0.25, 0.3) is 88.0 Å². The first-order valence-corrected chi connectivity index (χ1v) is 16.9. The number of nitrogens with one attached hydrogen (secondary N) is 1. The molecule has 0 spiro atoms. The second-order valence-corrected chi connectivity index (χ2v) is 13.0. The van der Waals surface area contributed by atoms with E-state index >= 15 is 0 Å². The average molecular weight is 622 g/mol. The number of fused-ring (bicyclic) bond motifs is 6. The van der Waals surface area contributed by atoms with Crippen LogP contribution in [0.4, 0.5) is 11.4 Å². The van der Waals surface area contributed by atoms with Crippen molar-refractivity contribution in [3.63, 3.8) is 0 Å². The van der Waals surface area contributed by atoms with Crippen LogP contribution in [0.3, 0.4) is 0 Å². The van der Waals surface area contributed by atoms with Gasteiger partial charge >= 0.3 is 0 Å². The number of benzene rings is 9. The van der Waals surface area contributed by atoms with Gasteiger partial charge in [-0.3, -0.25) is 0 Å². The van der Waals surface area contributed by atoms with Crippen molar-refractivity contribution in [2.45, 2.75) is 0 Å². The Hall–Kier alpha value is -6.44. The first-order valence-electron chi connectivity index (χ1n) is 16.9. The van der Waals surface area contributed by atoms with Gasteiger partial charge in [-0.25, -0.2) is 0 Å². The minimum absolute atomic E-state index is 1.07. The molecule has 10 rings (SSSR count). The van der Waals surface area contributed by atoms with Crippen molar-refractivity contribution in [2.24, 2.45) is 0 Å². The summed E-state index contributed by atoms with van der Waals surface area (Å²) in [6.07, 6.45) is 0. The summed E-state index contributed by atoms with van der Waals surface area (Å²) in [5.41, 5.74) is 14.9. The number of anilines is 2. The van der Waals surface area contributed by atoms with E-state index in [4.69, 9.17) is 0 Å². The predicted octanol–water partition coefficient (Wildman–Crippen LogP) is 13.5. The molecule has 0 saturated carbocycles. The van der Waals surface area contributed by atoms with Crippen LogP contribution in [0.2, 0.25) is 0 Å². The van der Waals surface area contributed by atoms with Crippen LogP contribution < -0.4 is 5.32 Å². The highest BCUT2D eigenvalue weighted by molar-refractivity contribution is 6.18. The highest BCUT2D eigenvalue weighted by atomic mass is 14.9. The average Bonchev–Trinajstić information content (AvgIpc) is 3.50. The molecule has 0 heterocycles. The summed E-state index contributed by atoms with van der Waals surface area (Å²) in [4.78, 5) is 0. The van der Waals surface area contributed by atoms with Crippen molar-refractivity contribution < 1.29 is 0 Å². The first kappa shape index (κ1) is 27.7. The molecule has 0 saturated heterocycles. The van der Waals surface area contributed by atoms with E-state index in [9.17, 15) is 0 Å². The molecule has 0 radical (unpaired) electrons. The summed E-state index contributed by atoms with van der Waals surface area (Å²) in [6, 6.07) is 66.3. The Morgan fingerprint density at radius 1 is 0.265 bits per heavy atom. The second kappa shape index (κ2) is 11.1. The lowest BCUT2D eigenvalue weighted by Gasteiger charge is -2.12. The molecule has 1 aliphatic carbocycles. The van der Waals surface area contributed by atoms with Crippen molar-refractivity contribution in [3.8, 4) is 55.6 Å². The third-order valence-corrected chi connectivity index (χ3v) is 10.2. The van der Waals surface area contributed by atoms with Gasteiger partial charge in [-0.05, 0) is 124 Å². The molecular weight excluding hydrogens is 591 g/mol. The maximum Gasteiger partial charge on any atom is 0.0384 e. The normalized spacial score (nSPS) is 11.7. The molecular formula is C48H31N. The first-order chi connectivity index (χ1) is 24.3. The van der Waals surface area contributed by atoms with Crippen molar-refractivity contribution >= 4 is 43.7 Å². The zero-order valence-electron chi connectivity index (χ0n) is 26.8. The molecule has 0 aromatic heterocycles. The summed E-state index contributed by atoms with van der Waals surface area (Å²) < 4.78 is 0. The molecule has 0 atom stereocenters. The molecule has 0 unspecified atom stereocenters. The number of hydrogen-bond acceptors (Lipinski definition) is 1. The van der Waals surface area contributed by atoms with Gasteiger partial charge in [0, 0.05) is 11.4 Å². The van der Waals surface area contributed by atoms with Crippen LogP contribution in [-0.4, -0.2) is 0 Å². The van der Waals surface area contributed by atoms with Crippen molar-refractivity contribution in [2.75, 3.05) is 5.32 Å². The van der Waals surface area contributed by atoms with Crippen LogP contribution in [0, 0.1) is 0 Å². The standard InChI is InChI=1S/C48H31N/c1-2-7-31(8-3-1)34-19-25-41-36(29-34)13-14-37-30-35(20-26-42(37)41)32-15-21-38(22-16-32)49-39-23-17-33(18-24-39)40-27-28-47-44-10-5-4-9-43(44)46-12-6-11-45(40)48(46)47/h1-30,49H. The Bertz CT molecular complexity index is 2670. The van der Waals surface area contributed by atoms with Gasteiger partial charge in [0.1, 0.15) is 0 Å². The molecule has 9 aromatic carbocycles. The summed E-state index contributed by atoms with van der Waals surface area (Å²) in [7, 11) is 0. The topological polar surface area (TPSA) is 12.0 Å². The fourth-order valence-corrected chi connectivity index (χ4v) is 7.77. The van der Waals surface area contributed by atoms with Crippen LogP contribution in [-0.2, 0) is 0 Å². The van der Waals surface area contributed by atoms with Crippen LogP contribution in [0.5, 0.6) is 0 Å². The molecule has 1 N–H and O–H groups in total. The lowest BCUT2D eigenvalue weighted by atomic mass is 9.94. The minimum atomic E-state index is 1.07. The quantitative estimate of drug-likeness (QED) is 0.189. The Morgan fingerprint density at radius 2 is 0.755 bits per heavy atom. The van der Waals surface area contributed by atoms with E-state index in [1.165, 1.54) is 88.0 Å². The highest BCUT2D eigenvalue weighted by Gasteiger charge is 2.22. The maximum atomic E-state index is 3.60. The van der Waals surface area contributed by atoms with E-state index in [2.05, 4.69) is 187 Å². The van der Waals surface area contributed by atoms with Gasteiger partial charge in [-0.2, -0.15) is 0 Å².